The van der Waals surface area contributed by atoms with Gasteiger partial charge in [0, 0.05) is 6.04 Å². The summed E-state index contributed by atoms with van der Waals surface area (Å²) in [6.07, 6.45) is 6.62. The van der Waals surface area contributed by atoms with Crippen LogP contribution in [0, 0.1) is 11.3 Å². The van der Waals surface area contributed by atoms with Crippen LogP contribution in [0.4, 0.5) is 0 Å². The average molecular weight is 282 g/mol. The van der Waals surface area contributed by atoms with Crippen molar-refractivity contribution in [1.29, 1.82) is 5.26 Å². The Kier molecular flexibility index (Phi) is 4.21. The van der Waals surface area contributed by atoms with Gasteiger partial charge in [0.1, 0.15) is 12.4 Å². The molecule has 0 saturated heterocycles. The molecule has 4 heteroatoms. The molecule has 3 rings (SSSR count). The van der Waals surface area contributed by atoms with Gasteiger partial charge in [0.2, 0.25) is 0 Å². The molecule has 0 unspecified atom stereocenters. The zero-order valence-corrected chi connectivity index (χ0v) is 12.6. The first-order chi connectivity index (χ1) is 10.3. The number of para-hydroxylation sites is 2. The minimum atomic E-state index is 0.369. The molecule has 0 bridgehead atoms. The molecule has 1 fully saturated rings. The van der Waals surface area contributed by atoms with Gasteiger partial charge in [-0.1, -0.05) is 31.4 Å². The molecule has 0 N–H and O–H groups in total. The molecule has 110 valence electrons. The molecule has 1 saturated carbocycles. The van der Waals surface area contributed by atoms with Crippen molar-refractivity contribution in [3.05, 3.63) is 30.1 Å². The summed E-state index contributed by atoms with van der Waals surface area (Å²) >= 11 is 0. The van der Waals surface area contributed by atoms with Gasteiger partial charge in [-0.3, -0.25) is 4.90 Å². The first kappa shape index (κ1) is 14.1. The van der Waals surface area contributed by atoms with Crippen LogP contribution in [0.2, 0.25) is 0 Å². The van der Waals surface area contributed by atoms with Gasteiger partial charge in [-0.25, -0.2) is 4.98 Å². The van der Waals surface area contributed by atoms with Crippen LogP contribution in [0.3, 0.4) is 0 Å². The minimum absolute atomic E-state index is 0.369. The average Bonchev–Trinajstić information content (AvgIpc) is 2.86. The van der Waals surface area contributed by atoms with E-state index < -0.39 is 0 Å². The van der Waals surface area contributed by atoms with Gasteiger partial charge >= 0.3 is 0 Å². The Hall–Kier alpha value is -1.86. The van der Waals surface area contributed by atoms with E-state index in [1.165, 1.54) is 32.1 Å². The van der Waals surface area contributed by atoms with Crippen molar-refractivity contribution in [3.63, 3.8) is 0 Å². The minimum Gasteiger partial charge on any atom is -0.313 e. The standard InChI is InChI=1S/C17H22N4/c1-20(14-7-3-2-4-8-14)13-17-19-15-9-5-6-10-16(15)21(17)12-11-18/h5-6,9-10,14H,2-4,7-8,12-13H2,1H3. The highest BCUT2D eigenvalue weighted by atomic mass is 15.2. The summed E-state index contributed by atoms with van der Waals surface area (Å²) in [6.45, 7) is 1.19. The van der Waals surface area contributed by atoms with Gasteiger partial charge in [0.25, 0.3) is 0 Å². The lowest BCUT2D eigenvalue weighted by atomic mass is 9.94. The molecule has 0 amide bonds. The van der Waals surface area contributed by atoms with E-state index in [1.807, 2.05) is 24.3 Å². The molecular weight excluding hydrogens is 260 g/mol. The summed E-state index contributed by atoms with van der Waals surface area (Å²) in [4.78, 5) is 7.15. The molecule has 1 aliphatic carbocycles. The molecule has 21 heavy (non-hydrogen) atoms. The van der Waals surface area contributed by atoms with E-state index in [9.17, 15) is 0 Å². The molecular formula is C17H22N4. The van der Waals surface area contributed by atoms with Crippen LogP contribution in [0.5, 0.6) is 0 Å². The Morgan fingerprint density at radius 3 is 2.81 bits per heavy atom. The van der Waals surface area contributed by atoms with Crippen molar-refractivity contribution in [1.82, 2.24) is 14.5 Å². The van der Waals surface area contributed by atoms with E-state index in [0.29, 0.717) is 12.6 Å². The summed E-state index contributed by atoms with van der Waals surface area (Å²) in [5, 5.41) is 9.09. The third kappa shape index (κ3) is 2.93. The lowest BCUT2D eigenvalue weighted by Crippen LogP contribution is -2.33. The van der Waals surface area contributed by atoms with Crippen LogP contribution >= 0.6 is 0 Å². The van der Waals surface area contributed by atoms with Crippen LogP contribution in [-0.2, 0) is 13.1 Å². The topological polar surface area (TPSA) is 44.9 Å². The Bertz CT molecular complexity index is 646. The quantitative estimate of drug-likeness (QED) is 0.864. The smallest absolute Gasteiger partial charge is 0.125 e. The number of hydrogen-bond acceptors (Lipinski definition) is 3. The summed E-state index contributed by atoms with van der Waals surface area (Å²) in [7, 11) is 2.19. The normalized spacial score (nSPS) is 16.4. The van der Waals surface area contributed by atoms with Gasteiger partial charge in [-0.2, -0.15) is 5.26 Å². The third-order valence-corrected chi connectivity index (χ3v) is 4.55. The number of benzene rings is 1. The van der Waals surface area contributed by atoms with Gasteiger partial charge in [-0.15, -0.1) is 0 Å². The number of fused-ring (bicyclic) bond motifs is 1. The van der Waals surface area contributed by atoms with E-state index in [2.05, 4.69) is 22.6 Å². The number of imidazole rings is 1. The number of aromatic nitrogens is 2. The number of rotatable bonds is 4. The predicted molar refractivity (Wildman–Crippen MR) is 83.7 cm³/mol. The lowest BCUT2D eigenvalue weighted by molar-refractivity contribution is 0.179. The van der Waals surface area contributed by atoms with Crippen LogP contribution in [0.25, 0.3) is 11.0 Å². The van der Waals surface area contributed by atoms with Gasteiger partial charge in [-0.05, 0) is 32.0 Å². The predicted octanol–water partition coefficient (Wildman–Crippen LogP) is 3.32. The van der Waals surface area contributed by atoms with Crippen LogP contribution in [0.1, 0.15) is 37.9 Å². The van der Waals surface area contributed by atoms with Crippen molar-refractivity contribution in [2.24, 2.45) is 0 Å². The monoisotopic (exact) mass is 282 g/mol. The molecule has 0 spiro atoms. The maximum atomic E-state index is 9.09. The first-order valence-corrected chi connectivity index (χ1v) is 7.81. The number of hydrogen-bond donors (Lipinski definition) is 0. The molecule has 2 aromatic rings. The first-order valence-electron chi connectivity index (χ1n) is 7.81. The van der Waals surface area contributed by atoms with Gasteiger partial charge < -0.3 is 4.57 Å². The van der Waals surface area contributed by atoms with E-state index >= 15 is 0 Å². The lowest BCUT2D eigenvalue weighted by Gasteiger charge is -2.30. The van der Waals surface area contributed by atoms with Crippen LogP contribution in [-0.4, -0.2) is 27.5 Å². The second-order valence-electron chi connectivity index (χ2n) is 5.97. The molecule has 1 aliphatic rings. The fraction of sp³-hybridized carbons (Fsp3) is 0.529. The zero-order valence-electron chi connectivity index (χ0n) is 12.6. The van der Waals surface area contributed by atoms with E-state index in [-0.39, 0.29) is 0 Å². The highest BCUT2D eigenvalue weighted by molar-refractivity contribution is 5.76. The molecule has 1 heterocycles. The SMILES string of the molecule is CN(Cc1nc2ccccc2n1CC#N)C1CCCCC1. The van der Waals surface area contributed by atoms with Gasteiger partial charge in [0.15, 0.2) is 0 Å². The zero-order chi connectivity index (χ0) is 14.7. The maximum absolute atomic E-state index is 9.09. The fourth-order valence-electron chi connectivity index (χ4n) is 3.37. The van der Waals surface area contributed by atoms with E-state index in [4.69, 9.17) is 10.2 Å². The highest BCUT2D eigenvalue weighted by Gasteiger charge is 2.20. The fourth-order valence-corrected chi connectivity index (χ4v) is 3.37. The van der Waals surface area contributed by atoms with E-state index in [1.54, 1.807) is 0 Å². The Morgan fingerprint density at radius 2 is 2.05 bits per heavy atom. The molecule has 0 aliphatic heterocycles. The summed E-state index contributed by atoms with van der Waals surface area (Å²) < 4.78 is 2.05. The highest BCUT2D eigenvalue weighted by Crippen LogP contribution is 2.24. The number of nitrogens with zero attached hydrogens (tertiary/aromatic N) is 4. The molecule has 1 aromatic heterocycles. The summed E-state index contributed by atoms with van der Waals surface area (Å²) in [6, 6.07) is 11.0. The maximum Gasteiger partial charge on any atom is 0.125 e. The van der Waals surface area contributed by atoms with E-state index in [0.717, 1.165) is 23.4 Å². The Balaban J connectivity index is 1.85. The summed E-state index contributed by atoms with van der Waals surface area (Å²) in [5.41, 5.74) is 2.05. The van der Waals surface area contributed by atoms with Crippen LogP contribution < -0.4 is 0 Å². The second-order valence-corrected chi connectivity index (χ2v) is 5.97. The largest absolute Gasteiger partial charge is 0.313 e. The molecule has 1 aromatic carbocycles. The molecule has 0 atom stereocenters. The Morgan fingerprint density at radius 1 is 1.29 bits per heavy atom. The summed E-state index contributed by atoms with van der Waals surface area (Å²) in [5.74, 6) is 1.01. The number of nitriles is 1. The van der Waals surface area contributed by atoms with Crippen molar-refractivity contribution in [2.45, 2.75) is 51.2 Å². The van der Waals surface area contributed by atoms with Crippen molar-refractivity contribution in [3.8, 4) is 6.07 Å². The van der Waals surface area contributed by atoms with Gasteiger partial charge in [0.05, 0.1) is 23.6 Å². The molecule has 4 nitrogen and oxygen atoms in total. The van der Waals surface area contributed by atoms with Crippen molar-refractivity contribution >= 4 is 11.0 Å². The third-order valence-electron chi connectivity index (χ3n) is 4.55. The van der Waals surface area contributed by atoms with Crippen molar-refractivity contribution in [2.75, 3.05) is 7.05 Å². The molecule has 0 radical (unpaired) electrons. The van der Waals surface area contributed by atoms with Crippen molar-refractivity contribution < 1.29 is 0 Å². The second kappa shape index (κ2) is 6.28. The Labute approximate surface area is 126 Å². The van der Waals surface area contributed by atoms with Crippen LogP contribution in [0.15, 0.2) is 24.3 Å².